The first-order valence-electron chi connectivity index (χ1n) is 14.5. The molecule has 2 nitrogen and oxygen atoms in total. The largest absolute Gasteiger partial charge is 0.247 e. The van der Waals surface area contributed by atoms with Crippen LogP contribution in [0.15, 0.2) is 146 Å². The summed E-state index contributed by atoms with van der Waals surface area (Å²) in [5.74, 6) is 0. The van der Waals surface area contributed by atoms with E-state index in [4.69, 9.17) is 9.97 Å². The Morgan fingerprint density at radius 2 is 0.977 bits per heavy atom. The molecule has 0 aliphatic heterocycles. The highest BCUT2D eigenvalue weighted by Crippen LogP contribution is 2.43. The summed E-state index contributed by atoms with van der Waals surface area (Å²) in [7, 11) is 0. The Balaban J connectivity index is 1.29. The summed E-state index contributed by atoms with van der Waals surface area (Å²) >= 11 is 1.74. The van der Waals surface area contributed by atoms with Crippen LogP contribution in [0.5, 0.6) is 0 Å². The number of hydrogen-bond acceptors (Lipinski definition) is 3. The summed E-state index contributed by atoms with van der Waals surface area (Å²) in [5, 5.41) is 9.72. The van der Waals surface area contributed by atoms with Crippen molar-refractivity contribution >= 4 is 64.8 Å². The van der Waals surface area contributed by atoms with E-state index < -0.39 is 0 Å². The predicted molar refractivity (Wildman–Crippen MR) is 184 cm³/mol. The van der Waals surface area contributed by atoms with Gasteiger partial charge in [0.25, 0.3) is 0 Å². The fourth-order valence-corrected chi connectivity index (χ4v) is 7.50. The first kappa shape index (κ1) is 24.2. The molecule has 0 saturated carbocycles. The van der Waals surface area contributed by atoms with Gasteiger partial charge in [0.2, 0.25) is 0 Å². The molecule has 9 rings (SSSR count). The maximum absolute atomic E-state index is 5.34. The van der Waals surface area contributed by atoms with Gasteiger partial charge in [0.05, 0.1) is 21.4 Å². The molecule has 3 heteroatoms. The van der Waals surface area contributed by atoms with E-state index in [1.165, 1.54) is 53.5 Å². The number of fused-ring (bicyclic) bond motifs is 9. The fourth-order valence-electron chi connectivity index (χ4n) is 6.49. The summed E-state index contributed by atoms with van der Waals surface area (Å²) in [6.07, 6.45) is 0. The molecule has 43 heavy (non-hydrogen) atoms. The number of pyridine rings is 1. The van der Waals surface area contributed by atoms with E-state index in [1.807, 2.05) is 6.07 Å². The number of thiazole rings is 1. The highest BCUT2D eigenvalue weighted by Gasteiger charge is 2.18. The SMILES string of the molecule is c1ccc(-c2nc3ccc(-c4cccc(-c5nc6ccccc6c6c7ccccc7c7ccccc7c56)c4)cc3s2)cc1. The van der Waals surface area contributed by atoms with Crippen LogP contribution in [0.4, 0.5) is 0 Å². The van der Waals surface area contributed by atoms with Crippen molar-refractivity contribution in [1.82, 2.24) is 9.97 Å². The van der Waals surface area contributed by atoms with Crippen LogP contribution in [0.2, 0.25) is 0 Å². The van der Waals surface area contributed by atoms with Crippen LogP contribution in [0.1, 0.15) is 0 Å². The lowest BCUT2D eigenvalue weighted by Gasteiger charge is -2.16. The van der Waals surface area contributed by atoms with Gasteiger partial charge in [-0.1, -0.05) is 121 Å². The first-order valence-corrected chi connectivity index (χ1v) is 15.3. The molecule has 0 aliphatic carbocycles. The van der Waals surface area contributed by atoms with E-state index in [1.54, 1.807) is 11.3 Å². The predicted octanol–water partition coefficient (Wildman–Crippen LogP) is 11.3. The molecule has 9 aromatic rings. The monoisotopic (exact) mass is 564 g/mol. The first-order chi connectivity index (χ1) is 21.3. The molecule has 2 heterocycles. The molecule has 0 fully saturated rings. The van der Waals surface area contributed by atoms with Crippen LogP contribution in [-0.2, 0) is 0 Å². The van der Waals surface area contributed by atoms with Gasteiger partial charge in [-0.2, -0.15) is 0 Å². The third-order valence-corrected chi connectivity index (χ3v) is 9.52. The maximum Gasteiger partial charge on any atom is 0.124 e. The molecule has 0 radical (unpaired) electrons. The number of para-hydroxylation sites is 1. The summed E-state index contributed by atoms with van der Waals surface area (Å²) in [6.45, 7) is 0. The summed E-state index contributed by atoms with van der Waals surface area (Å²) in [6, 6.07) is 51.9. The quantitative estimate of drug-likeness (QED) is 0.199. The van der Waals surface area contributed by atoms with Gasteiger partial charge in [0.1, 0.15) is 5.01 Å². The zero-order valence-electron chi connectivity index (χ0n) is 23.2. The lowest BCUT2D eigenvalue weighted by atomic mass is 9.89. The molecule has 0 atom stereocenters. The van der Waals surface area contributed by atoms with Gasteiger partial charge in [-0.05, 0) is 56.9 Å². The van der Waals surface area contributed by atoms with Crippen LogP contribution in [-0.4, -0.2) is 9.97 Å². The molecule has 0 spiro atoms. The molecule has 0 unspecified atom stereocenters. The van der Waals surface area contributed by atoms with Crippen molar-refractivity contribution in [2.24, 2.45) is 0 Å². The zero-order chi connectivity index (χ0) is 28.3. The molecule has 0 amide bonds. The topological polar surface area (TPSA) is 25.8 Å². The Hall–Kier alpha value is -5.38. The third-order valence-electron chi connectivity index (χ3n) is 8.45. The van der Waals surface area contributed by atoms with Crippen LogP contribution in [0, 0.1) is 0 Å². The number of hydrogen-bond donors (Lipinski definition) is 0. The molecule has 0 bridgehead atoms. The number of benzene rings is 7. The van der Waals surface area contributed by atoms with Gasteiger partial charge in [-0.3, -0.25) is 0 Å². The Kier molecular flexibility index (Phi) is 5.40. The van der Waals surface area contributed by atoms with Gasteiger partial charge in [0.15, 0.2) is 0 Å². The molecule has 0 aliphatic rings. The van der Waals surface area contributed by atoms with Crippen molar-refractivity contribution in [3.05, 3.63) is 146 Å². The summed E-state index contributed by atoms with van der Waals surface area (Å²) < 4.78 is 1.19. The molecule has 7 aromatic carbocycles. The smallest absolute Gasteiger partial charge is 0.124 e. The third kappa shape index (κ3) is 3.86. The van der Waals surface area contributed by atoms with E-state index in [9.17, 15) is 0 Å². The Morgan fingerprint density at radius 1 is 0.372 bits per heavy atom. The standard InChI is InChI=1S/C40H24N2S/c1-2-11-25(12-3-1)40-42-35-22-21-27(24-36(35)43-40)26-13-10-14-28(23-26)39-38-32-18-7-5-16-30(32)29-15-4-6-17-31(29)37(38)33-19-8-9-20-34(33)41-39/h1-24H. The number of aromatic nitrogens is 2. The van der Waals surface area contributed by atoms with Crippen molar-refractivity contribution < 1.29 is 0 Å². The van der Waals surface area contributed by atoms with Gasteiger partial charge in [-0.25, -0.2) is 9.97 Å². The average Bonchev–Trinajstić information content (AvgIpc) is 3.52. The van der Waals surface area contributed by atoms with Crippen molar-refractivity contribution in [1.29, 1.82) is 0 Å². The lowest BCUT2D eigenvalue weighted by molar-refractivity contribution is 1.43. The molecular weight excluding hydrogens is 541 g/mol. The molecular formula is C40H24N2S. The van der Waals surface area contributed by atoms with Gasteiger partial charge < -0.3 is 0 Å². The van der Waals surface area contributed by atoms with Crippen LogP contribution in [0.3, 0.4) is 0 Å². The van der Waals surface area contributed by atoms with E-state index >= 15 is 0 Å². The normalized spacial score (nSPS) is 11.7. The van der Waals surface area contributed by atoms with Crippen LogP contribution < -0.4 is 0 Å². The van der Waals surface area contributed by atoms with Crippen LogP contribution in [0.25, 0.3) is 86.4 Å². The number of nitrogens with zero attached hydrogens (tertiary/aromatic N) is 2. The zero-order valence-corrected chi connectivity index (χ0v) is 24.0. The lowest BCUT2D eigenvalue weighted by Crippen LogP contribution is -1.93. The second-order valence-corrected chi connectivity index (χ2v) is 12.0. The molecule has 2 aromatic heterocycles. The second-order valence-electron chi connectivity index (χ2n) is 11.0. The highest BCUT2D eigenvalue weighted by molar-refractivity contribution is 7.21. The van der Waals surface area contributed by atoms with E-state index in [0.717, 1.165) is 32.9 Å². The maximum atomic E-state index is 5.34. The van der Waals surface area contributed by atoms with Gasteiger partial charge >= 0.3 is 0 Å². The Morgan fingerprint density at radius 3 is 1.77 bits per heavy atom. The highest BCUT2D eigenvalue weighted by atomic mass is 32.1. The van der Waals surface area contributed by atoms with Crippen molar-refractivity contribution in [3.63, 3.8) is 0 Å². The Bertz CT molecular complexity index is 2510. The van der Waals surface area contributed by atoms with Gasteiger partial charge in [0, 0.05) is 27.3 Å². The minimum atomic E-state index is 1.01. The van der Waals surface area contributed by atoms with E-state index in [2.05, 4.69) is 140 Å². The molecule has 200 valence electrons. The number of rotatable bonds is 3. The fraction of sp³-hybridized carbons (Fsp3) is 0. The van der Waals surface area contributed by atoms with Gasteiger partial charge in [-0.15, -0.1) is 11.3 Å². The molecule has 0 saturated heterocycles. The van der Waals surface area contributed by atoms with Crippen molar-refractivity contribution in [3.8, 4) is 33.0 Å². The minimum absolute atomic E-state index is 1.01. The van der Waals surface area contributed by atoms with Crippen molar-refractivity contribution in [2.45, 2.75) is 0 Å². The van der Waals surface area contributed by atoms with E-state index in [0.29, 0.717) is 0 Å². The van der Waals surface area contributed by atoms with Crippen molar-refractivity contribution in [2.75, 3.05) is 0 Å². The summed E-state index contributed by atoms with van der Waals surface area (Å²) in [5.41, 5.74) is 7.67. The Labute approximate surface area is 252 Å². The molecule has 0 N–H and O–H groups in total. The minimum Gasteiger partial charge on any atom is -0.247 e. The van der Waals surface area contributed by atoms with E-state index in [-0.39, 0.29) is 0 Å². The second kappa shape index (κ2) is 9.59. The summed E-state index contributed by atoms with van der Waals surface area (Å²) in [4.78, 5) is 10.3. The van der Waals surface area contributed by atoms with Crippen LogP contribution >= 0.6 is 11.3 Å². The average molecular weight is 565 g/mol.